The Labute approximate surface area is 146 Å². The van der Waals surface area contributed by atoms with Crippen molar-refractivity contribution >= 4 is 11.9 Å². The molecule has 0 saturated carbocycles. The highest BCUT2D eigenvalue weighted by Gasteiger charge is 2.29. The second kappa shape index (κ2) is 7.06. The maximum Gasteiger partial charge on any atom is 0.337 e. The summed E-state index contributed by atoms with van der Waals surface area (Å²) in [6.07, 6.45) is 4.35. The van der Waals surface area contributed by atoms with E-state index < -0.39 is 5.97 Å². The number of likely N-dealkylation sites (tertiary alicyclic amines) is 1. The molecule has 0 spiro atoms. The van der Waals surface area contributed by atoms with Crippen LogP contribution in [0.1, 0.15) is 22.5 Å². The summed E-state index contributed by atoms with van der Waals surface area (Å²) in [5.41, 5.74) is 1.69. The zero-order valence-corrected chi connectivity index (χ0v) is 14.4. The van der Waals surface area contributed by atoms with Crippen LogP contribution in [0.15, 0.2) is 36.8 Å². The first-order chi connectivity index (χ1) is 12.0. The zero-order valence-electron chi connectivity index (χ0n) is 14.4. The fraction of sp³-hybridized carbons (Fsp3) is 0.389. The second-order valence-corrected chi connectivity index (χ2v) is 6.55. The number of amides is 1. The van der Waals surface area contributed by atoms with E-state index >= 15 is 0 Å². The lowest BCUT2D eigenvalue weighted by Gasteiger charge is -2.17. The largest absolute Gasteiger partial charge is 0.478 e. The summed E-state index contributed by atoms with van der Waals surface area (Å²) < 4.78 is 1.73. The monoisotopic (exact) mass is 342 g/mol. The standard InChI is InChI=1S/C18H22N4O3/c1-20(2)17(23)13-7-8-21(9-13)10-14-11-22(12-19-14)16-6-4-3-5-15(16)18(24)25/h3-6,11-13H,7-10H2,1-2H3,(H,24,25)/t13-/m1/s1. The molecule has 1 atom stereocenters. The second-order valence-electron chi connectivity index (χ2n) is 6.55. The minimum Gasteiger partial charge on any atom is -0.478 e. The van der Waals surface area contributed by atoms with Gasteiger partial charge in [-0.3, -0.25) is 9.69 Å². The Hall–Kier alpha value is -2.67. The molecule has 7 nitrogen and oxygen atoms in total. The van der Waals surface area contributed by atoms with Crippen molar-refractivity contribution in [2.45, 2.75) is 13.0 Å². The molecule has 2 aromatic rings. The van der Waals surface area contributed by atoms with Gasteiger partial charge in [0, 0.05) is 33.4 Å². The molecule has 0 radical (unpaired) electrons. The molecule has 1 N–H and O–H groups in total. The highest BCUT2D eigenvalue weighted by atomic mass is 16.4. The highest BCUT2D eigenvalue weighted by molar-refractivity contribution is 5.91. The smallest absolute Gasteiger partial charge is 0.337 e. The lowest BCUT2D eigenvalue weighted by Crippen LogP contribution is -2.31. The number of carboxylic acid groups (broad SMARTS) is 1. The fourth-order valence-electron chi connectivity index (χ4n) is 3.23. The summed E-state index contributed by atoms with van der Waals surface area (Å²) in [6, 6.07) is 6.85. The molecular weight excluding hydrogens is 320 g/mol. The molecule has 132 valence electrons. The van der Waals surface area contributed by atoms with Crippen LogP contribution in [0, 0.1) is 5.92 Å². The molecule has 0 aliphatic carbocycles. The van der Waals surface area contributed by atoms with Gasteiger partial charge in [-0.1, -0.05) is 12.1 Å². The van der Waals surface area contributed by atoms with E-state index in [2.05, 4.69) is 9.88 Å². The Morgan fingerprint density at radius 2 is 2.08 bits per heavy atom. The number of carbonyl (C=O) groups excluding carboxylic acids is 1. The molecule has 25 heavy (non-hydrogen) atoms. The molecule has 1 aromatic heterocycles. The van der Waals surface area contributed by atoms with Crippen molar-refractivity contribution in [3.05, 3.63) is 48.0 Å². The van der Waals surface area contributed by atoms with Crippen LogP contribution in [0.4, 0.5) is 0 Å². The molecule has 1 saturated heterocycles. The molecule has 7 heteroatoms. The van der Waals surface area contributed by atoms with Gasteiger partial charge < -0.3 is 14.6 Å². The number of benzene rings is 1. The Balaban J connectivity index is 1.69. The molecule has 3 rings (SSSR count). The van der Waals surface area contributed by atoms with Gasteiger partial charge in [0.05, 0.1) is 29.2 Å². The minimum atomic E-state index is -0.963. The number of para-hydroxylation sites is 1. The highest BCUT2D eigenvalue weighted by Crippen LogP contribution is 2.21. The van der Waals surface area contributed by atoms with Gasteiger partial charge in [0.1, 0.15) is 0 Å². The van der Waals surface area contributed by atoms with Crippen molar-refractivity contribution in [1.29, 1.82) is 0 Å². The van der Waals surface area contributed by atoms with E-state index in [4.69, 9.17) is 0 Å². The van der Waals surface area contributed by atoms with Crippen molar-refractivity contribution in [2.75, 3.05) is 27.2 Å². The number of hydrogen-bond acceptors (Lipinski definition) is 4. The predicted molar refractivity (Wildman–Crippen MR) is 92.6 cm³/mol. The molecule has 1 aliphatic rings. The number of aromatic nitrogens is 2. The van der Waals surface area contributed by atoms with Gasteiger partial charge in [-0.15, -0.1) is 0 Å². The van der Waals surface area contributed by atoms with Crippen molar-refractivity contribution in [1.82, 2.24) is 19.4 Å². The van der Waals surface area contributed by atoms with Gasteiger partial charge in [-0.05, 0) is 25.1 Å². The van der Waals surface area contributed by atoms with E-state index in [1.807, 2.05) is 6.20 Å². The third-order valence-corrected chi connectivity index (χ3v) is 4.50. The van der Waals surface area contributed by atoms with E-state index in [1.54, 1.807) is 54.2 Å². The first kappa shape index (κ1) is 17.2. The Bertz CT molecular complexity index is 784. The van der Waals surface area contributed by atoms with E-state index in [9.17, 15) is 14.7 Å². The van der Waals surface area contributed by atoms with Crippen molar-refractivity contribution < 1.29 is 14.7 Å². The minimum absolute atomic E-state index is 0.0461. The molecule has 1 aromatic carbocycles. The van der Waals surface area contributed by atoms with Crippen molar-refractivity contribution in [3.63, 3.8) is 0 Å². The average molecular weight is 342 g/mol. The summed E-state index contributed by atoms with van der Waals surface area (Å²) in [5.74, 6) is -0.747. The number of nitrogens with zero attached hydrogens (tertiary/aromatic N) is 4. The average Bonchev–Trinajstić information content (AvgIpc) is 3.24. The van der Waals surface area contributed by atoms with Gasteiger partial charge >= 0.3 is 5.97 Å². The number of rotatable bonds is 5. The van der Waals surface area contributed by atoms with Crippen LogP contribution in [-0.2, 0) is 11.3 Å². The normalized spacial score (nSPS) is 17.6. The number of carbonyl (C=O) groups is 2. The SMILES string of the molecule is CN(C)C(=O)[C@@H]1CCN(Cc2cn(-c3ccccc3C(=O)O)cn2)C1. The van der Waals surface area contributed by atoms with Gasteiger partial charge in [-0.2, -0.15) is 0 Å². The van der Waals surface area contributed by atoms with Crippen LogP contribution in [0.5, 0.6) is 0 Å². The fourth-order valence-corrected chi connectivity index (χ4v) is 3.23. The molecule has 1 amide bonds. The summed E-state index contributed by atoms with van der Waals surface area (Å²) >= 11 is 0. The number of hydrogen-bond donors (Lipinski definition) is 1. The zero-order chi connectivity index (χ0) is 18.0. The van der Waals surface area contributed by atoms with Crippen LogP contribution >= 0.6 is 0 Å². The van der Waals surface area contributed by atoms with Crippen LogP contribution in [0.25, 0.3) is 5.69 Å². The summed E-state index contributed by atoms with van der Waals surface area (Å²) in [7, 11) is 3.57. The molecule has 0 bridgehead atoms. The quantitative estimate of drug-likeness (QED) is 0.890. The lowest BCUT2D eigenvalue weighted by molar-refractivity contribution is -0.132. The summed E-state index contributed by atoms with van der Waals surface area (Å²) in [5, 5.41) is 9.31. The third-order valence-electron chi connectivity index (χ3n) is 4.50. The van der Waals surface area contributed by atoms with Crippen molar-refractivity contribution in [3.8, 4) is 5.69 Å². The Morgan fingerprint density at radius 1 is 1.32 bits per heavy atom. The topological polar surface area (TPSA) is 78.7 Å². The number of aromatic carboxylic acids is 1. The van der Waals surface area contributed by atoms with E-state index in [1.165, 1.54) is 0 Å². The van der Waals surface area contributed by atoms with Gasteiger partial charge in [0.15, 0.2) is 0 Å². The molecular formula is C18H22N4O3. The first-order valence-corrected chi connectivity index (χ1v) is 8.25. The summed E-state index contributed by atoms with van der Waals surface area (Å²) in [4.78, 5) is 31.7. The maximum absolute atomic E-state index is 12.1. The maximum atomic E-state index is 12.1. The van der Waals surface area contributed by atoms with Crippen LogP contribution < -0.4 is 0 Å². The van der Waals surface area contributed by atoms with Crippen molar-refractivity contribution in [2.24, 2.45) is 5.92 Å². The van der Waals surface area contributed by atoms with E-state index in [0.717, 1.165) is 25.2 Å². The number of imidazole rings is 1. The van der Waals surface area contributed by atoms with Crippen LogP contribution in [0.2, 0.25) is 0 Å². The Morgan fingerprint density at radius 3 is 2.80 bits per heavy atom. The van der Waals surface area contributed by atoms with E-state index in [-0.39, 0.29) is 17.4 Å². The van der Waals surface area contributed by atoms with Crippen LogP contribution in [-0.4, -0.2) is 63.5 Å². The predicted octanol–water partition coefficient (Wildman–Crippen LogP) is 1.48. The first-order valence-electron chi connectivity index (χ1n) is 8.25. The van der Waals surface area contributed by atoms with Gasteiger partial charge in [0.25, 0.3) is 0 Å². The number of carboxylic acids is 1. The molecule has 1 fully saturated rings. The molecule has 2 heterocycles. The molecule has 0 unspecified atom stereocenters. The van der Waals surface area contributed by atoms with Gasteiger partial charge in [-0.25, -0.2) is 9.78 Å². The third kappa shape index (κ3) is 3.71. The Kier molecular flexibility index (Phi) is 4.85. The summed E-state index contributed by atoms with van der Waals surface area (Å²) in [6.45, 7) is 2.25. The van der Waals surface area contributed by atoms with Crippen LogP contribution in [0.3, 0.4) is 0 Å². The lowest BCUT2D eigenvalue weighted by atomic mass is 10.1. The van der Waals surface area contributed by atoms with Gasteiger partial charge in [0.2, 0.25) is 5.91 Å². The van der Waals surface area contributed by atoms with E-state index in [0.29, 0.717) is 12.2 Å². The molecule has 1 aliphatic heterocycles.